The van der Waals surface area contributed by atoms with Crippen molar-refractivity contribution >= 4 is 11.9 Å². The van der Waals surface area contributed by atoms with E-state index in [0.717, 1.165) is 0 Å². The first-order valence-corrected chi connectivity index (χ1v) is 3.85. The molecule has 5 N–H and O–H groups in total. The van der Waals surface area contributed by atoms with Crippen LogP contribution < -0.4 is 16.2 Å². The largest absolute Gasteiger partial charge is 0.427 e. The lowest BCUT2D eigenvalue weighted by Crippen LogP contribution is -2.20. The van der Waals surface area contributed by atoms with Gasteiger partial charge in [0.05, 0.1) is 0 Å². The molecule has 5 nitrogen and oxygen atoms in total. The number of ether oxygens (including phenoxy) is 1. The molecular formula is C9H13N3O2. The molecule has 0 atom stereocenters. The summed E-state index contributed by atoms with van der Waals surface area (Å²) in [5.41, 5.74) is 8.94. The second-order valence-electron chi connectivity index (χ2n) is 2.36. The first kappa shape index (κ1) is 12.0. The van der Waals surface area contributed by atoms with Crippen molar-refractivity contribution in [2.45, 2.75) is 6.92 Å². The van der Waals surface area contributed by atoms with E-state index in [4.69, 9.17) is 10.1 Å². The summed E-state index contributed by atoms with van der Waals surface area (Å²) in [6.07, 6.45) is 0. The predicted molar refractivity (Wildman–Crippen MR) is 53.9 cm³/mol. The zero-order valence-electron chi connectivity index (χ0n) is 7.86. The lowest BCUT2D eigenvalue weighted by molar-refractivity contribution is -0.131. The average Bonchev–Trinajstić information content (AvgIpc) is 2.03. The summed E-state index contributed by atoms with van der Waals surface area (Å²) in [4.78, 5) is 10.4. The minimum Gasteiger partial charge on any atom is -0.427 e. The summed E-state index contributed by atoms with van der Waals surface area (Å²) in [5.74, 6) is -0.0267. The third kappa shape index (κ3) is 8.06. The van der Waals surface area contributed by atoms with E-state index in [2.05, 4.69) is 11.5 Å². The summed E-state index contributed by atoms with van der Waals surface area (Å²) in [5, 5.41) is 6.06. The molecule has 0 spiro atoms. The number of rotatable bonds is 1. The molecule has 0 saturated heterocycles. The number of para-hydroxylation sites is 1. The maximum atomic E-state index is 10.4. The molecule has 0 fully saturated rings. The summed E-state index contributed by atoms with van der Waals surface area (Å²) in [6.45, 7) is 1.38. The van der Waals surface area contributed by atoms with Gasteiger partial charge in [-0.15, -0.1) is 0 Å². The first-order valence-electron chi connectivity index (χ1n) is 3.85. The van der Waals surface area contributed by atoms with Crippen molar-refractivity contribution in [3.63, 3.8) is 0 Å². The number of hydrogen-bond donors (Lipinski definition) is 3. The number of nitrogens with one attached hydrogen (secondary N) is 1. The summed E-state index contributed by atoms with van der Waals surface area (Å²) >= 11 is 0. The minimum atomic E-state index is -0.333. The third-order valence-corrected chi connectivity index (χ3v) is 1.00. The standard InChI is InChI=1S/C8H8O2.CH5N3/c1-7(9)10-8-5-3-2-4-6-8;2-1(3)4/h2-6H,1H3;(H5,2,3,4). The molecule has 0 heterocycles. The van der Waals surface area contributed by atoms with Crippen LogP contribution in [0.25, 0.3) is 0 Å². The van der Waals surface area contributed by atoms with Crippen molar-refractivity contribution in [3.8, 4) is 5.75 Å². The molecule has 0 bridgehead atoms. The van der Waals surface area contributed by atoms with Crippen LogP contribution in [0, 0.1) is 5.41 Å². The predicted octanol–water partition coefficient (Wildman–Crippen LogP) is 0.450. The van der Waals surface area contributed by atoms with E-state index in [1.807, 2.05) is 18.2 Å². The maximum absolute atomic E-state index is 10.4. The molecule has 1 rings (SSSR count). The molecule has 5 heteroatoms. The Morgan fingerprint density at radius 1 is 1.29 bits per heavy atom. The van der Waals surface area contributed by atoms with Crippen molar-refractivity contribution < 1.29 is 9.53 Å². The lowest BCUT2D eigenvalue weighted by atomic mass is 10.3. The third-order valence-electron chi connectivity index (χ3n) is 1.00. The van der Waals surface area contributed by atoms with Gasteiger partial charge < -0.3 is 16.2 Å². The Kier molecular flexibility index (Phi) is 5.53. The molecule has 1 aromatic carbocycles. The highest BCUT2D eigenvalue weighted by molar-refractivity contribution is 5.71. The number of carbonyl (C=O) groups excluding carboxylic acids is 1. The smallest absolute Gasteiger partial charge is 0.308 e. The molecule has 0 amide bonds. The van der Waals surface area contributed by atoms with Gasteiger partial charge in [-0.05, 0) is 12.1 Å². The fraction of sp³-hybridized carbons (Fsp3) is 0.111. The van der Waals surface area contributed by atoms with Gasteiger partial charge in [0.2, 0.25) is 0 Å². The van der Waals surface area contributed by atoms with Crippen LogP contribution in [0.5, 0.6) is 5.75 Å². The molecule has 14 heavy (non-hydrogen) atoms. The number of esters is 1. The van der Waals surface area contributed by atoms with E-state index in [1.54, 1.807) is 12.1 Å². The number of nitrogens with two attached hydrogens (primary N) is 2. The van der Waals surface area contributed by atoms with Gasteiger partial charge in [0.25, 0.3) is 0 Å². The monoisotopic (exact) mass is 195 g/mol. The summed E-state index contributed by atoms with van der Waals surface area (Å²) in [7, 11) is 0. The molecule has 0 unspecified atom stereocenters. The normalized spacial score (nSPS) is 8.07. The molecular weight excluding hydrogens is 182 g/mol. The summed E-state index contributed by atoms with van der Waals surface area (Å²) < 4.78 is 4.78. The van der Waals surface area contributed by atoms with Gasteiger partial charge in [-0.2, -0.15) is 0 Å². The lowest BCUT2D eigenvalue weighted by Gasteiger charge is -1.97. The van der Waals surface area contributed by atoms with E-state index in [-0.39, 0.29) is 11.9 Å². The Hall–Kier alpha value is -2.04. The number of benzene rings is 1. The van der Waals surface area contributed by atoms with Crippen molar-refractivity contribution in [1.82, 2.24) is 0 Å². The Morgan fingerprint density at radius 3 is 2.07 bits per heavy atom. The van der Waals surface area contributed by atoms with Gasteiger partial charge in [0.1, 0.15) is 5.75 Å². The fourth-order valence-electron chi connectivity index (χ4n) is 0.655. The fourth-order valence-corrected chi connectivity index (χ4v) is 0.655. The number of guanidine groups is 1. The van der Waals surface area contributed by atoms with Crippen LogP contribution in [0.15, 0.2) is 30.3 Å². The van der Waals surface area contributed by atoms with Crippen molar-refractivity contribution in [3.05, 3.63) is 30.3 Å². The molecule has 0 saturated carbocycles. The highest BCUT2D eigenvalue weighted by atomic mass is 16.5. The summed E-state index contributed by atoms with van der Waals surface area (Å²) in [6, 6.07) is 8.98. The van der Waals surface area contributed by atoms with Crippen LogP contribution in [0.2, 0.25) is 0 Å². The molecule has 76 valence electrons. The molecule has 0 aliphatic carbocycles. The van der Waals surface area contributed by atoms with Gasteiger partial charge in [0, 0.05) is 6.92 Å². The van der Waals surface area contributed by atoms with Crippen LogP contribution in [0.3, 0.4) is 0 Å². The topological polar surface area (TPSA) is 102 Å². The minimum absolute atomic E-state index is 0.286. The zero-order valence-corrected chi connectivity index (χ0v) is 7.86. The maximum Gasteiger partial charge on any atom is 0.308 e. The highest BCUT2D eigenvalue weighted by Gasteiger charge is 1.92. The molecule has 0 aliphatic heterocycles. The van der Waals surface area contributed by atoms with Crippen molar-refractivity contribution in [2.75, 3.05) is 0 Å². The first-order chi connectivity index (χ1) is 6.52. The quantitative estimate of drug-likeness (QED) is 0.262. The Balaban J connectivity index is 0.000000364. The second-order valence-corrected chi connectivity index (χ2v) is 2.36. The Morgan fingerprint density at radius 2 is 1.71 bits per heavy atom. The van der Waals surface area contributed by atoms with Crippen molar-refractivity contribution in [1.29, 1.82) is 5.41 Å². The van der Waals surface area contributed by atoms with Gasteiger partial charge in [-0.1, -0.05) is 18.2 Å². The van der Waals surface area contributed by atoms with E-state index >= 15 is 0 Å². The van der Waals surface area contributed by atoms with Crippen LogP contribution in [-0.4, -0.2) is 11.9 Å². The van der Waals surface area contributed by atoms with Crippen LogP contribution in [0.1, 0.15) is 6.92 Å². The van der Waals surface area contributed by atoms with Crippen LogP contribution in [-0.2, 0) is 4.79 Å². The van der Waals surface area contributed by atoms with Gasteiger partial charge in [0.15, 0.2) is 5.96 Å². The zero-order chi connectivity index (χ0) is 11.0. The number of hydrogen-bond acceptors (Lipinski definition) is 3. The van der Waals surface area contributed by atoms with E-state index in [9.17, 15) is 4.79 Å². The second kappa shape index (κ2) is 6.47. The Bertz CT molecular complexity index is 294. The number of carbonyl (C=O) groups is 1. The van der Waals surface area contributed by atoms with Crippen LogP contribution in [0.4, 0.5) is 0 Å². The van der Waals surface area contributed by atoms with Crippen molar-refractivity contribution in [2.24, 2.45) is 11.5 Å². The Labute approximate surface area is 82.2 Å². The van der Waals surface area contributed by atoms with E-state index in [1.165, 1.54) is 6.92 Å². The van der Waals surface area contributed by atoms with E-state index in [0.29, 0.717) is 5.75 Å². The van der Waals surface area contributed by atoms with Gasteiger partial charge in [-0.25, -0.2) is 0 Å². The SMILES string of the molecule is CC(=O)Oc1ccccc1.N=C(N)N. The van der Waals surface area contributed by atoms with Gasteiger partial charge in [-0.3, -0.25) is 10.2 Å². The molecule has 1 aromatic rings. The highest BCUT2D eigenvalue weighted by Crippen LogP contribution is 2.07. The molecule has 0 aliphatic rings. The van der Waals surface area contributed by atoms with Gasteiger partial charge >= 0.3 is 5.97 Å². The average molecular weight is 195 g/mol. The molecule has 0 radical (unpaired) electrons. The molecule has 0 aromatic heterocycles. The van der Waals surface area contributed by atoms with Crippen LogP contribution >= 0.6 is 0 Å². The van der Waals surface area contributed by atoms with E-state index < -0.39 is 0 Å².